The number of aromatic nitrogens is 1. The van der Waals surface area contributed by atoms with E-state index in [0.29, 0.717) is 0 Å². The SMILES string of the molecule is Nc1ccc(Cc2nc(-c3cc(Br)cs3)cs2)cc1. The number of nitrogens with zero attached hydrogens (tertiary/aromatic N) is 1. The summed E-state index contributed by atoms with van der Waals surface area (Å²) in [5.74, 6) is 0. The smallest absolute Gasteiger partial charge is 0.0976 e. The lowest BCUT2D eigenvalue weighted by molar-refractivity contribution is 1.14. The lowest BCUT2D eigenvalue weighted by atomic mass is 10.1. The maximum absolute atomic E-state index is 5.69. The topological polar surface area (TPSA) is 38.9 Å². The van der Waals surface area contributed by atoms with Crippen LogP contribution in [-0.2, 0) is 6.42 Å². The van der Waals surface area contributed by atoms with E-state index in [2.05, 4.69) is 49.9 Å². The highest BCUT2D eigenvalue weighted by atomic mass is 79.9. The minimum Gasteiger partial charge on any atom is -0.399 e. The van der Waals surface area contributed by atoms with Crippen LogP contribution in [-0.4, -0.2) is 4.98 Å². The number of rotatable bonds is 3. The van der Waals surface area contributed by atoms with Gasteiger partial charge in [0.05, 0.1) is 15.6 Å². The lowest BCUT2D eigenvalue weighted by Crippen LogP contribution is -1.89. The van der Waals surface area contributed by atoms with Gasteiger partial charge in [-0.25, -0.2) is 4.98 Å². The molecule has 0 fully saturated rings. The first-order valence-electron chi connectivity index (χ1n) is 5.74. The van der Waals surface area contributed by atoms with Crippen molar-refractivity contribution in [1.82, 2.24) is 4.98 Å². The molecular formula is C14H11BrN2S2. The molecule has 0 unspecified atom stereocenters. The summed E-state index contributed by atoms with van der Waals surface area (Å²) in [6.45, 7) is 0. The summed E-state index contributed by atoms with van der Waals surface area (Å²) < 4.78 is 1.11. The molecule has 2 nitrogen and oxygen atoms in total. The fourth-order valence-electron chi connectivity index (χ4n) is 1.76. The Hall–Kier alpha value is -1.17. The van der Waals surface area contributed by atoms with Crippen molar-refractivity contribution in [2.24, 2.45) is 0 Å². The van der Waals surface area contributed by atoms with Gasteiger partial charge in [-0.15, -0.1) is 22.7 Å². The number of benzene rings is 1. The first-order chi connectivity index (χ1) is 9.20. The summed E-state index contributed by atoms with van der Waals surface area (Å²) in [5.41, 5.74) is 8.78. The molecule has 0 aliphatic carbocycles. The van der Waals surface area contributed by atoms with Crippen LogP contribution in [0.15, 0.2) is 45.6 Å². The molecule has 0 radical (unpaired) electrons. The minimum absolute atomic E-state index is 0.798. The number of thiophene rings is 1. The maximum atomic E-state index is 5.69. The predicted octanol–water partition coefficient (Wildman–Crippen LogP) is 4.81. The number of hydrogen-bond donors (Lipinski definition) is 1. The zero-order valence-electron chi connectivity index (χ0n) is 9.97. The van der Waals surface area contributed by atoms with E-state index in [4.69, 9.17) is 5.73 Å². The van der Waals surface area contributed by atoms with E-state index in [9.17, 15) is 0 Å². The van der Waals surface area contributed by atoms with Gasteiger partial charge in [0, 0.05) is 27.3 Å². The second kappa shape index (κ2) is 5.45. The van der Waals surface area contributed by atoms with E-state index in [1.807, 2.05) is 12.1 Å². The Kier molecular flexibility index (Phi) is 3.68. The number of anilines is 1. The van der Waals surface area contributed by atoms with E-state index >= 15 is 0 Å². The fraction of sp³-hybridized carbons (Fsp3) is 0.0714. The molecule has 2 N–H and O–H groups in total. The molecule has 96 valence electrons. The average Bonchev–Trinajstić information content (AvgIpc) is 3.01. The van der Waals surface area contributed by atoms with Gasteiger partial charge in [0.15, 0.2) is 0 Å². The van der Waals surface area contributed by atoms with Crippen molar-refractivity contribution in [3.05, 3.63) is 56.1 Å². The molecule has 0 aliphatic heterocycles. The van der Waals surface area contributed by atoms with E-state index in [-0.39, 0.29) is 0 Å². The molecule has 0 atom stereocenters. The van der Waals surface area contributed by atoms with Crippen LogP contribution in [0.5, 0.6) is 0 Å². The van der Waals surface area contributed by atoms with Gasteiger partial charge in [0.2, 0.25) is 0 Å². The monoisotopic (exact) mass is 350 g/mol. The van der Waals surface area contributed by atoms with Crippen LogP contribution >= 0.6 is 38.6 Å². The highest BCUT2D eigenvalue weighted by Gasteiger charge is 2.07. The molecule has 0 spiro atoms. The fourth-order valence-corrected chi connectivity index (χ4v) is 4.05. The van der Waals surface area contributed by atoms with E-state index in [1.54, 1.807) is 22.7 Å². The number of thiazole rings is 1. The molecule has 2 heterocycles. The molecule has 0 saturated carbocycles. The van der Waals surface area contributed by atoms with Gasteiger partial charge in [-0.3, -0.25) is 0 Å². The first-order valence-corrected chi connectivity index (χ1v) is 8.29. The van der Waals surface area contributed by atoms with Gasteiger partial charge in [-0.2, -0.15) is 0 Å². The number of nitrogens with two attached hydrogens (primary N) is 1. The zero-order chi connectivity index (χ0) is 13.2. The molecule has 2 aromatic heterocycles. The van der Waals surface area contributed by atoms with Crippen LogP contribution < -0.4 is 5.73 Å². The summed E-state index contributed by atoms with van der Waals surface area (Å²) in [6.07, 6.45) is 0.859. The molecule has 5 heteroatoms. The van der Waals surface area contributed by atoms with Crippen molar-refractivity contribution in [2.75, 3.05) is 5.73 Å². The van der Waals surface area contributed by atoms with Crippen molar-refractivity contribution in [1.29, 1.82) is 0 Å². The van der Waals surface area contributed by atoms with Crippen molar-refractivity contribution in [3.63, 3.8) is 0 Å². The first kappa shape index (κ1) is 12.8. The lowest BCUT2D eigenvalue weighted by Gasteiger charge is -1.98. The summed E-state index contributed by atoms with van der Waals surface area (Å²) in [5, 5.41) is 5.32. The summed E-state index contributed by atoms with van der Waals surface area (Å²) in [7, 11) is 0. The molecule has 3 aromatic rings. The Bertz CT molecular complexity index is 686. The van der Waals surface area contributed by atoms with Gasteiger partial charge < -0.3 is 5.73 Å². The largest absolute Gasteiger partial charge is 0.399 e. The van der Waals surface area contributed by atoms with Crippen LogP contribution in [0.3, 0.4) is 0 Å². The van der Waals surface area contributed by atoms with Crippen LogP contribution in [0.25, 0.3) is 10.6 Å². The van der Waals surface area contributed by atoms with E-state index in [1.165, 1.54) is 10.4 Å². The normalized spacial score (nSPS) is 10.8. The molecule has 3 rings (SSSR count). The van der Waals surface area contributed by atoms with Crippen LogP contribution in [0.2, 0.25) is 0 Å². The van der Waals surface area contributed by atoms with Gasteiger partial charge in [0.25, 0.3) is 0 Å². The van der Waals surface area contributed by atoms with Crippen LogP contribution in [0.4, 0.5) is 5.69 Å². The Morgan fingerprint density at radius 3 is 2.58 bits per heavy atom. The number of nitrogen functional groups attached to an aromatic ring is 1. The second-order valence-electron chi connectivity index (χ2n) is 4.17. The molecule has 0 aliphatic rings. The summed E-state index contributed by atoms with van der Waals surface area (Å²) in [4.78, 5) is 5.89. The maximum Gasteiger partial charge on any atom is 0.0976 e. The highest BCUT2D eigenvalue weighted by molar-refractivity contribution is 9.10. The molecule has 0 saturated heterocycles. The van der Waals surface area contributed by atoms with Crippen LogP contribution in [0.1, 0.15) is 10.6 Å². The summed E-state index contributed by atoms with van der Waals surface area (Å²) >= 11 is 6.88. The van der Waals surface area contributed by atoms with Gasteiger partial charge in [-0.1, -0.05) is 12.1 Å². The third-order valence-corrected chi connectivity index (χ3v) is 5.27. The van der Waals surface area contributed by atoms with Crippen molar-refractivity contribution in [3.8, 4) is 10.6 Å². The van der Waals surface area contributed by atoms with Crippen LogP contribution in [0, 0.1) is 0 Å². The average molecular weight is 351 g/mol. The van der Waals surface area contributed by atoms with Crippen molar-refractivity contribution >= 4 is 44.3 Å². The second-order valence-corrected chi connectivity index (χ2v) is 6.94. The number of hydrogen-bond acceptors (Lipinski definition) is 4. The Labute approximate surface area is 128 Å². The standard InChI is InChI=1S/C14H11BrN2S2/c15-10-6-13(18-7-10)12-8-19-14(17-12)5-9-1-3-11(16)4-2-9/h1-4,6-8H,5,16H2. The van der Waals surface area contributed by atoms with Crippen molar-refractivity contribution in [2.45, 2.75) is 6.42 Å². The van der Waals surface area contributed by atoms with Crippen molar-refractivity contribution < 1.29 is 0 Å². The molecule has 19 heavy (non-hydrogen) atoms. The predicted molar refractivity (Wildman–Crippen MR) is 86.8 cm³/mol. The van der Waals surface area contributed by atoms with Gasteiger partial charge >= 0.3 is 0 Å². The quantitative estimate of drug-likeness (QED) is 0.688. The van der Waals surface area contributed by atoms with Gasteiger partial charge in [0.1, 0.15) is 0 Å². The van der Waals surface area contributed by atoms with E-state index < -0.39 is 0 Å². The third kappa shape index (κ3) is 3.05. The third-order valence-electron chi connectivity index (χ3n) is 2.71. The Morgan fingerprint density at radius 1 is 1.11 bits per heavy atom. The summed E-state index contributed by atoms with van der Waals surface area (Å²) in [6, 6.07) is 10.1. The molecular weight excluding hydrogens is 340 g/mol. The zero-order valence-corrected chi connectivity index (χ0v) is 13.2. The molecule has 1 aromatic carbocycles. The highest BCUT2D eigenvalue weighted by Crippen LogP contribution is 2.31. The minimum atomic E-state index is 0.798. The Morgan fingerprint density at radius 2 is 1.89 bits per heavy atom. The molecule has 0 bridgehead atoms. The van der Waals surface area contributed by atoms with E-state index in [0.717, 1.165) is 27.3 Å². The van der Waals surface area contributed by atoms with Gasteiger partial charge in [-0.05, 0) is 39.7 Å². The molecule has 0 amide bonds. The Balaban J connectivity index is 1.80. The number of halogens is 1.